The number of benzene rings is 4. The standard InChI is InChI=1S/C36H37ClF2N2O7S/c1-45-33-20-25(21-34(46-2)35(33)47-3)36(42)40-18-7-6-9-28(40)17-19-48-32-10-5-4-8-24(32)23-41(31-22-27(38)13-16-30(31)39)49(43,44)29-14-11-26(37)12-15-29/h4-5,8,10-16,20-22,28H,6-7,9,17-19,23H2,1-3H3. The predicted octanol–water partition coefficient (Wildman–Crippen LogP) is 7.50. The number of halogens is 3. The van der Waals surface area contributed by atoms with Gasteiger partial charge in [-0.25, -0.2) is 17.2 Å². The number of para-hydroxylation sites is 1. The van der Waals surface area contributed by atoms with Crippen molar-refractivity contribution in [1.29, 1.82) is 0 Å². The zero-order chi connectivity index (χ0) is 35.1. The average molecular weight is 715 g/mol. The van der Waals surface area contributed by atoms with E-state index < -0.39 is 27.3 Å². The number of hydrogen-bond donors (Lipinski definition) is 0. The molecule has 1 heterocycles. The van der Waals surface area contributed by atoms with Crippen LogP contribution in [0.1, 0.15) is 41.6 Å². The molecule has 1 aliphatic rings. The van der Waals surface area contributed by atoms with Gasteiger partial charge in [-0.15, -0.1) is 0 Å². The minimum atomic E-state index is -4.38. The monoisotopic (exact) mass is 714 g/mol. The van der Waals surface area contributed by atoms with Crippen LogP contribution in [0.25, 0.3) is 0 Å². The Morgan fingerprint density at radius 3 is 2.27 bits per heavy atom. The number of ether oxygens (including phenoxy) is 4. The van der Waals surface area contributed by atoms with Crippen LogP contribution in [-0.2, 0) is 16.6 Å². The summed E-state index contributed by atoms with van der Waals surface area (Å²) in [5.41, 5.74) is 0.379. The van der Waals surface area contributed by atoms with E-state index >= 15 is 4.39 Å². The quantitative estimate of drug-likeness (QED) is 0.142. The summed E-state index contributed by atoms with van der Waals surface area (Å²) in [6, 6.07) is 18.0. The number of sulfonamides is 1. The maximum Gasteiger partial charge on any atom is 0.264 e. The van der Waals surface area contributed by atoms with Crippen molar-refractivity contribution in [3.05, 3.63) is 107 Å². The summed E-state index contributed by atoms with van der Waals surface area (Å²) in [7, 11) is 0.101. The highest BCUT2D eigenvalue weighted by atomic mass is 35.5. The zero-order valence-electron chi connectivity index (χ0n) is 27.3. The Kier molecular flexibility index (Phi) is 11.5. The van der Waals surface area contributed by atoms with E-state index in [4.69, 9.17) is 30.5 Å². The van der Waals surface area contributed by atoms with Crippen molar-refractivity contribution < 1.29 is 40.9 Å². The Morgan fingerprint density at radius 1 is 0.898 bits per heavy atom. The number of carbonyl (C=O) groups excluding carboxylic acids is 1. The number of amides is 1. The summed E-state index contributed by atoms with van der Waals surface area (Å²) >= 11 is 5.98. The van der Waals surface area contributed by atoms with Gasteiger partial charge in [0.05, 0.1) is 45.1 Å². The van der Waals surface area contributed by atoms with Crippen molar-refractivity contribution in [1.82, 2.24) is 4.90 Å². The molecule has 13 heteroatoms. The molecule has 1 unspecified atom stereocenters. The summed E-state index contributed by atoms with van der Waals surface area (Å²) in [6.45, 7) is 0.420. The molecule has 0 bridgehead atoms. The third kappa shape index (κ3) is 8.02. The van der Waals surface area contributed by atoms with Crippen molar-refractivity contribution in [2.45, 2.75) is 43.2 Å². The molecule has 1 atom stereocenters. The fourth-order valence-electron chi connectivity index (χ4n) is 5.88. The molecule has 1 amide bonds. The molecule has 0 aromatic heterocycles. The Labute approximate surface area is 290 Å². The van der Waals surface area contributed by atoms with E-state index in [-0.39, 0.29) is 30.0 Å². The van der Waals surface area contributed by atoms with Gasteiger partial charge in [0.1, 0.15) is 17.4 Å². The van der Waals surface area contributed by atoms with Crippen LogP contribution >= 0.6 is 11.6 Å². The molecule has 9 nitrogen and oxygen atoms in total. The van der Waals surface area contributed by atoms with Crippen molar-refractivity contribution in [2.75, 3.05) is 38.8 Å². The fourth-order valence-corrected chi connectivity index (χ4v) is 7.45. The smallest absolute Gasteiger partial charge is 0.264 e. The van der Waals surface area contributed by atoms with Crippen LogP contribution in [0.2, 0.25) is 5.02 Å². The molecule has 0 spiro atoms. The molecule has 1 fully saturated rings. The van der Waals surface area contributed by atoms with E-state index in [0.29, 0.717) is 52.1 Å². The Hall–Kier alpha value is -4.55. The number of methoxy groups -OCH3 is 3. The zero-order valence-corrected chi connectivity index (χ0v) is 28.9. The molecular formula is C36H37ClF2N2O7S. The Morgan fingerprint density at radius 2 is 1.59 bits per heavy atom. The lowest BCUT2D eigenvalue weighted by Gasteiger charge is -2.36. The second kappa shape index (κ2) is 15.8. The third-order valence-electron chi connectivity index (χ3n) is 8.37. The van der Waals surface area contributed by atoms with Crippen LogP contribution < -0.4 is 23.3 Å². The number of piperidine rings is 1. The van der Waals surface area contributed by atoms with E-state index in [0.717, 1.165) is 41.8 Å². The van der Waals surface area contributed by atoms with Gasteiger partial charge in [-0.1, -0.05) is 29.8 Å². The lowest BCUT2D eigenvalue weighted by Crippen LogP contribution is -2.44. The van der Waals surface area contributed by atoms with Gasteiger partial charge in [-0.3, -0.25) is 9.10 Å². The van der Waals surface area contributed by atoms with E-state index in [2.05, 4.69) is 0 Å². The number of likely N-dealkylation sites (tertiary alicyclic amines) is 1. The van der Waals surface area contributed by atoms with Crippen LogP contribution in [0.15, 0.2) is 83.8 Å². The summed E-state index contributed by atoms with van der Waals surface area (Å²) in [6.07, 6.45) is 3.06. The highest BCUT2D eigenvalue weighted by Gasteiger charge is 2.31. The van der Waals surface area contributed by atoms with Crippen LogP contribution in [0.5, 0.6) is 23.0 Å². The molecule has 4 aromatic carbocycles. The Balaban J connectivity index is 1.36. The van der Waals surface area contributed by atoms with Gasteiger partial charge in [0, 0.05) is 41.2 Å². The normalized spacial score (nSPS) is 14.7. The number of anilines is 1. The predicted molar refractivity (Wildman–Crippen MR) is 183 cm³/mol. The molecule has 1 saturated heterocycles. The summed E-state index contributed by atoms with van der Waals surface area (Å²) < 4.78 is 80.5. The molecule has 0 saturated carbocycles. The second-order valence-electron chi connectivity index (χ2n) is 11.4. The first-order valence-electron chi connectivity index (χ1n) is 15.6. The third-order valence-corrected chi connectivity index (χ3v) is 10.4. The van der Waals surface area contributed by atoms with Crippen LogP contribution in [0.4, 0.5) is 14.5 Å². The van der Waals surface area contributed by atoms with E-state index in [1.54, 1.807) is 36.4 Å². The maximum absolute atomic E-state index is 15.1. The van der Waals surface area contributed by atoms with E-state index in [1.165, 1.54) is 45.6 Å². The molecule has 0 radical (unpaired) electrons. The molecule has 49 heavy (non-hydrogen) atoms. The molecule has 0 aliphatic carbocycles. The summed E-state index contributed by atoms with van der Waals surface area (Å²) in [5.74, 6) is -0.364. The maximum atomic E-state index is 15.1. The van der Waals surface area contributed by atoms with Gasteiger partial charge in [-0.05, 0) is 73.9 Å². The second-order valence-corrected chi connectivity index (χ2v) is 13.7. The Bertz CT molecular complexity index is 1870. The highest BCUT2D eigenvalue weighted by molar-refractivity contribution is 7.92. The van der Waals surface area contributed by atoms with E-state index in [9.17, 15) is 17.6 Å². The van der Waals surface area contributed by atoms with Gasteiger partial charge in [0.2, 0.25) is 5.75 Å². The van der Waals surface area contributed by atoms with Gasteiger partial charge >= 0.3 is 0 Å². The number of nitrogens with zero attached hydrogens (tertiary/aromatic N) is 2. The number of carbonyl (C=O) groups is 1. The molecule has 5 rings (SSSR count). The van der Waals surface area contributed by atoms with Gasteiger partial charge < -0.3 is 23.8 Å². The lowest BCUT2D eigenvalue weighted by atomic mass is 9.98. The molecule has 260 valence electrons. The minimum Gasteiger partial charge on any atom is -0.493 e. The topological polar surface area (TPSA) is 94.6 Å². The van der Waals surface area contributed by atoms with Crippen LogP contribution in [0.3, 0.4) is 0 Å². The first-order chi connectivity index (χ1) is 23.6. The van der Waals surface area contributed by atoms with Crippen molar-refractivity contribution in [3.63, 3.8) is 0 Å². The van der Waals surface area contributed by atoms with Crippen molar-refractivity contribution >= 4 is 33.2 Å². The van der Waals surface area contributed by atoms with Gasteiger partial charge in [-0.2, -0.15) is 0 Å². The fraction of sp³-hybridized carbons (Fsp3) is 0.306. The molecular weight excluding hydrogens is 678 g/mol. The van der Waals surface area contributed by atoms with Gasteiger partial charge in [0.25, 0.3) is 15.9 Å². The number of rotatable bonds is 13. The summed E-state index contributed by atoms with van der Waals surface area (Å²) in [4.78, 5) is 15.5. The van der Waals surface area contributed by atoms with Crippen LogP contribution in [-0.4, -0.2) is 59.7 Å². The lowest BCUT2D eigenvalue weighted by molar-refractivity contribution is 0.0579. The SMILES string of the molecule is COc1cc(C(=O)N2CCCCC2CCOc2ccccc2CN(c2cc(F)ccc2F)S(=O)(=O)c2ccc(Cl)cc2)cc(OC)c1OC. The first-order valence-corrected chi connectivity index (χ1v) is 17.4. The van der Waals surface area contributed by atoms with Crippen molar-refractivity contribution in [3.8, 4) is 23.0 Å². The molecule has 0 N–H and O–H groups in total. The molecule has 1 aliphatic heterocycles. The average Bonchev–Trinajstić information content (AvgIpc) is 3.11. The largest absolute Gasteiger partial charge is 0.493 e. The van der Waals surface area contributed by atoms with Crippen molar-refractivity contribution in [2.24, 2.45) is 0 Å². The summed E-state index contributed by atoms with van der Waals surface area (Å²) in [5, 5.41) is 0.322. The van der Waals surface area contributed by atoms with Crippen LogP contribution in [0, 0.1) is 11.6 Å². The first kappa shape index (κ1) is 35.7. The van der Waals surface area contributed by atoms with Gasteiger partial charge in [0.15, 0.2) is 11.5 Å². The molecule has 4 aromatic rings. The minimum absolute atomic E-state index is 0.129. The number of hydrogen-bond acceptors (Lipinski definition) is 7. The highest BCUT2D eigenvalue weighted by Crippen LogP contribution is 2.39. The van der Waals surface area contributed by atoms with E-state index in [1.807, 2.05) is 4.90 Å².